The summed E-state index contributed by atoms with van der Waals surface area (Å²) in [4.78, 5) is 25.6. The largest absolute Gasteiger partial charge is 0.421 e. The van der Waals surface area contributed by atoms with Gasteiger partial charge in [0.2, 0.25) is 0 Å². The lowest BCUT2D eigenvalue weighted by Crippen LogP contribution is -2.15. The van der Waals surface area contributed by atoms with Gasteiger partial charge in [0.05, 0.1) is 0 Å². The van der Waals surface area contributed by atoms with E-state index < -0.39 is 58.0 Å². The molecule has 0 spiro atoms. The normalized spacial score (nSPS) is 11.1. The molecule has 190 valence electrons. The van der Waals surface area contributed by atoms with Gasteiger partial charge < -0.3 is 9.47 Å². The second-order valence-electron chi connectivity index (χ2n) is 8.02. The molecular weight excluding hydrogens is 514 g/mol. The summed E-state index contributed by atoms with van der Waals surface area (Å²) < 4.78 is 94.3. The van der Waals surface area contributed by atoms with E-state index in [1.807, 2.05) is 0 Å². The zero-order valence-corrected chi connectivity index (χ0v) is 18.8. The van der Waals surface area contributed by atoms with E-state index in [0.717, 1.165) is 0 Å². The third-order valence-corrected chi connectivity index (χ3v) is 5.64. The highest BCUT2D eigenvalue weighted by molar-refractivity contribution is 6.13. The lowest BCUT2D eigenvalue weighted by Gasteiger charge is -2.17. The van der Waals surface area contributed by atoms with Crippen LogP contribution in [0.25, 0.3) is 21.5 Å². The fourth-order valence-electron chi connectivity index (χ4n) is 4.03. The molecule has 0 aliphatic heterocycles. The van der Waals surface area contributed by atoms with E-state index in [4.69, 9.17) is 9.47 Å². The first kappa shape index (κ1) is 24.8. The second kappa shape index (κ2) is 9.55. The molecule has 0 aliphatic carbocycles. The van der Waals surface area contributed by atoms with Crippen molar-refractivity contribution in [2.24, 2.45) is 0 Å². The molecule has 0 bridgehead atoms. The van der Waals surface area contributed by atoms with Gasteiger partial charge in [0, 0.05) is 45.8 Å². The Morgan fingerprint density at radius 1 is 0.474 bits per heavy atom. The van der Waals surface area contributed by atoms with Crippen molar-refractivity contribution in [3.05, 3.63) is 119 Å². The molecule has 0 unspecified atom stereocenters. The lowest BCUT2D eigenvalue weighted by atomic mass is 10.0. The number of esters is 2. The van der Waals surface area contributed by atoms with Crippen LogP contribution in [0.15, 0.2) is 72.8 Å². The molecule has 0 fully saturated rings. The van der Waals surface area contributed by atoms with Crippen LogP contribution in [0.4, 0.5) is 26.3 Å². The van der Waals surface area contributed by atoms with Crippen molar-refractivity contribution in [3.63, 3.8) is 0 Å². The van der Waals surface area contributed by atoms with Crippen LogP contribution in [0, 0.1) is 34.9 Å². The predicted molar refractivity (Wildman–Crippen MR) is 124 cm³/mol. The SMILES string of the molecule is O=C(Oc1c2ccccc2c(OC(=O)c2c(F)cc(F)cc2F)c2ccccc12)c1c(F)cc(F)cc1F. The molecule has 0 saturated heterocycles. The van der Waals surface area contributed by atoms with Crippen LogP contribution in [0.3, 0.4) is 0 Å². The number of benzene rings is 5. The average Bonchev–Trinajstić information content (AvgIpc) is 2.84. The summed E-state index contributed by atoms with van der Waals surface area (Å²) in [6.07, 6.45) is 0. The minimum Gasteiger partial charge on any atom is -0.421 e. The van der Waals surface area contributed by atoms with Gasteiger partial charge in [-0.05, 0) is 0 Å². The summed E-state index contributed by atoms with van der Waals surface area (Å²) in [5, 5.41) is 0.520. The van der Waals surface area contributed by atoms with Gasteiger partial charge in [-0.1, -0.05) is 48.5 Å². The molecule has 0 amide bonds. The number of halogens is 6. The Morgan fingerprint density at radius 3 is 1.00 bits per heavy atom. The van der Waals surface area contributed by atoms with Crippen molar-refractivity contribution in [1.82, 2.24) is 0 Å². The standard InChI is InChI=1S/C28H12F6O4/c29-13-9-19(31)23(20(32)10-13)27(35)37-25-15-5-1-2-6-16(15)26(18-8-4-3-7-17(18)25)38-28(36)24-21(33)11-14(30)12-22(24)34/h1-12H. The van der Waals surface area contributed by atoms with Crippen molar-refractivity contribution in [2.45, 2.75) is 0 Å². The first-order valence-electron chi connectivity index (χ1n) is 10.8. The van der Waals surface area contributed by atoms with E-state index in [1.54, 1.807) is 0 Å². The van der Waals surface area contributed by atoms with Gasteiger partial charge in [-0.25, -0.2) is 35.9 Å². The van der Waals surface area contributed by atoms with Crippen molar-refractivity contribution in [1.29, 1.82) is 0 Å². The van der Waals surface area contributed by atoms with Gasteiger partial charge in [0.15, 0.2) is 0 Å². The first-order chi connectivity index (χ1) is 18.2. The zero-order valence-electron chi connectivity index (χ0n) is 18.8. The van der Waals surface area contributed by atoms with Crippen LogP contribution in [-0.2, 0) is 0 Å². The Hall–Kier alpha value is -4.86. The number of ether oxygens (including phenoxy) is 2. The van der Waals surface area contributed by atoms with Gasteiger partial charge in [-0.2, -0.15) is 0 Å². The van der Waals surface area contributed by atoms with Gasteiger partial charge in [-0.15, -0.1) is 0 Å². The number of fused-ring (bicyclic) bond motifs is 2. The maximum atomic E-state index is 14.2. The first-order valence-corrected chi connectivity index (χ1v) is 10.8. The van der Waals surface area contributed by atoms with Crippen LogP contribution in [0.1, 0.15) is 20.7 Å². The molecule has 0 heterocycles. The summed E-state index contributed by atoms with van der Waals surface area (Å²) in [6, 6.07) is 13.2. The minimum absolute atomic E-state index is 0.130. The molecule has 0 saturated carbocycles. The Labute approximate surface area is 209 Å². The van der Waals surface area contributed by atoms with Crippen molar-refractivity contribution >= 4 is 33.5 Å². The molecule has 10 heteroatoms. The highest BCUT2D eigenvalue weighted by Crippen LogP contribution is 2.43. The summed E-state index contributed by atoms with van der Waals surface area (Å²) in [7, 11) is 0. The summed E-state index contributed by atoms with van der Waals surface area (Å²) in [5.41, 5.74) is -2.25. The maximum absolute atomic E-state index is 14.2. The minimum atomic E-state index is -1.48. The average molecular weight is 526 g/mol. The van der Waals surface area contributed by atoms with Crippen molar-refractivity contribution < 1.29 is 45.4 Å². The van der Waals surface area contributed by atoms with Crippen LogP contribution in [-0.4, -0.2) is 11.9 Å². The van der Waals surface area contributed by atoms with Gasteiger partial charge >= 0.3 is 11.9 Å². The fourth-order valence-corrected chi connectivity index (χ4v) is 4.03. The lowest BCUT2D eigenvalue weighted by molar-refractivity contribution is 0.0715. The van der Waals surface area contributed by atoms with Crippen LogP contribution in [0.5, 0.6) is 11.5 Å². The molecule has 0 atom stereocenters. The molecule has 38 heavy (non-hydrogen) atoms. The van der Waals surface area contributed by atoms with Gasteiger partial charge in [0.1, 0.15) is 57.5 Å². The molecule has 0 N–H and O–H groups in total. The van der Waals surface area contributed by atoms with E-state index in [1.165, 1.54) is 48.5 Å². The van der Waals surface area contributed by atoms with E-state index in [9.17, 15) is 35.9 Å². The molecular formula is C28H12F6O4. The Kier molecular flexibility index (Phi) is 6.23. The van der Waals surface area contributed by atoms with Crippen LogP contribution >= 0.6 is 0 Å². The van der Waals surface area contributed by atoms with E-state index in [2.05, 4.69) is 0 Å². The van der Waals surface area contributed by atoms with Crippen LogP contribution < -0.4 is 9.47 Å². The molecule has 5 aromatic rings. The van der Waals surface area contributed by atoms with Gasteiger partial charge in [0.25, 0.3) is 0 Å². The molecule has 4 nitrogen and oxygen atoms in total. The van der Waals surface area contributed by atoms with Gasteiger partial charge in [-0.3, -0.25) is 0 Å². The number of rotatable bonds is 4. The fraction of sp³-hybridized carbons (Fsp3) is 0. The van der Waals surface area contributed by atoms with E-state index >= 15 is 0 Å². The van der Waals surface area contributed by atoms with Crippen LogP contribution in [0.2, 0.25) is 0 Å². The Morgan fingerprint density at radius 2 is 0.737 bits per heavy atom. The zero-order chi connectivity index (χ0) is 27.1. The topological polar surface area (TPSA) is 52.6 Å². The molecule has 5 rings (SSSR count). The molecule has 0 radical (unpaired) electrons. The number of hydrogen-bond donors (Lipinski definition) is 0. The third kappa shape index (κ3) is 4.30. The Bertz CT molecular complexity index is 1550. The molecule has 0 aliphatic rings. The number of carbonyl (C=O) groups excluding carboxylic acids is 2. The molecule has 5 aromatic carbocycles. The quantitative estimate of drug-likeness (QED) is 0.107. The summed E-state index contributed by atoms with van der Waals surface area (Å²) in [5.74, 6) is -11.6. The van der Waals surface area contributed by atoms with Crippen molar-refractivity contribution in [2.75, 3.05) is 0 Å². The predicted octanol–water partition coefficient (Wildman–Crippen LogP) is 7.27. The Balaban J connectivity index is 1.67. The molecule has 0 aromatic heterocycles. The summed E-state index contributed by atoms with van der Waals surface area (Å²) in [6.45, 7) is 0. The maximum Gasteiger partial charge on any atom is 0.349 e. The monoisotopic (exact) mass is 526 g/mol. The third-order valence-electron chi connectivity index (χ3n) is 5.64. The van der Waals surface area contributed by atoms with Crippen molar-refractivity contribution in [3.8, 4) is 11.5 Å². The highest BCUT2D eigenvalue weighted by atomic mass is 19.2. The summed E-state index contributed by atoms with van der Waals surface area (Å²) >= 11 is 0. The second-order valence-corrected chi connectivity index (χ2v) is 8.02. The number of carbonyl (C=O) groups is 2. The highest BCUT2D eigenvalue weighted by Gasteiger charge is 2.27. The van der Waals surface area contributed by atoms with E-state index in [-0.39, 0.29) is 33.0 Å². The number of hydrogen-bond acceptors (Lipinski definition) is 4. The smallest absolute Gasteiger partial charge is 0.349 e. The van der Waals surface area contributed by atoms with E-state index in [0.29, 0.717) is 24.3 Å².